The molecule has 1 N–H and O–H groups in total. The van der Waals surface area contributed by atoms with E-state index in [9.17, 15) is 4.79 Å². The van der Waals surface area contributed by atoms with Crippen molar-refractivity contribution in [1.82, 2.24) is 10.2 Å². The van der Waals surface area contributed by atoms with Crippen LogP contribution in [0.25, 0.3) is 0 Å². The van der Waals surface area contributed by atoms with Crippen LogP contribution < -0.4 is 5.32 Å². The molecule has 0 radical (unpaired) electrons. The highest BCUT2D eigenvalue weighted by Gasteiger charge is 2.38. The van der Waals surface area contributed by atoms with Crippen LogP contribution in [-0.2, 0) is 4.79 Å². The molecule has 0 bridgehead atoms. The van der Waals surface area contributed by atoms with Crippen LogP contribution in [0.5, 0.6) is 0 Å². The molecule has 0 saturated carbocycles. The van der Waals surface area contributed by atoms with Gasteiger partial charge in [0.25, 0.3) is 0 Å². The normalized spacial score (nSPS) is 39.1. The molecule has 2 fully saturated rings. The van der Waals surface area contributed by atoms with Crippen molar-refractivity contribution in [1.29, 1.82) is 0 Å². The van der Waals surface area contributed by atoms with Crippen molar-refractivity contribution in [3.8, 4) is 0 Å². The van der Waals surface area contributed by atoms with Crippen LogP contribution in [0.15, 0.2) is 0 Å². The van der Waals surface area contributed by atoms with E-state index in [-0.39, 0.29) is 6.04 Å². The van der Waals surface area contributed by atoms with Crippen LogP contribution in [0.1, 0.15) is 33.1 Å². The maximum absolute atomic E-state index is 11.6. The van der Waals surface area contributed by atoms with E-state index in [1.54, 1.807) is 6.92 Å². The standard InChI is InChI=1S/C11H20N2O/c1-8-11(9(2)14)13-6-4-3-5-10(13)7-12-8/h8,10-12H,3-7H2,1-2H3. The molecule has 80 valence electrons. The Morgan fingerprint density at radius 2 is 2.21 bits per heavy atom. The van der Waals surface area contributed by atoms with E-state index in [0.717, 1.165) is 13.1 Å². The van der Waals surface area contributed by atoms with Gasteiger partial charge in [0.05, 0.1) is 6.04 Å². The maximum atomic E-state index is 11.6. The Kier molecular flexibility index (Phi) is 2.88. The van der Waals surface area contributed by atoms with Crippen molar-refractivity contribution < 1.29 is 4.79 Å². The smallest absolute Gasteiger partial charge is 0.148 e. The van der Waals surface area contributed by atoms with Crippen molar-refractivity contribution >= 4 is 5.78 Å². The van der Waals surface area contributed by atoms with Crippen LogP contribution in [0.2, 0.25) is 0 Å². The molecule has 0 aliphatic carbocycles. The van der Waals surface area contributed by atoms with Gasteiger partial charge in [-0.25, -0.2) is 0 Å². The van der Waals surface area contributed by atoms with Crippen LogP contribution in [0, 0.1) is 0 Å². The predicted octanol–water partition coefficient (Wildman–Crippen LogP) is 0.790. The van der Waals surface area contributed by atoms with Crippen LogP contribution in [0.4, 0.5) is 0 Å². The second kappa shape index (κ2) is 3.99. The number of ketones is 1. The van der Waals surface area contributed by atoms with Gasteiger partial charge < -0.3 is 5.32 Å². The van der Waals surface area contributed by atoms with Gasteiger partial charge in [0.2, 0.25) is 0 Å². The number of hydrogen-bond donors (Lipinski definition) is 1. The molecule has 14 heavy (non-hydrogen) atoms. The third kappa shape index (κ3) is 1.71. The molecule has 0 aromatic rings. The fraction of sp³-hybridized carbons (Fsp3) is 0.909. The monoisotopic (exact) mass is 196 g/mol. The van der Waals surface area contributed by atoms with Gasteiger partial charge in [0.1, 0.15) is 5.78 Å². The number of nitrogens with zero attached hydrogens (tertiary/aromatic N) is 1. The predicted molar refractivity (Wildman–Crippen MR) is 56.3 cm³/mol. The summed E-state index contributed by atoms with van der Waals surface area (Å²) in [4.78, 5) is 14.0. The molecule has 3 unspecified atom stereocenters. The van der Waals surface area contributed by atoms with E-state index >= 15 is 0 Å². The Labute approximate surface area is 85.8 Å². The molecule has 0 aromatic carbocycles. The summed E-state index contributed by atoms with van der Waals surface area (Å²) in [5, 5.41) is 3.45. The minimum Gasteiger partial charge on any atom is -0.311 e. The highest BCUT2D eigenvalue weighted by atomic mass is 16.1. The zero-order chi connectivity index (χ0) is 10.1. The van der Waals surface area contributed by atoms with Crippen molar-refractivity contribution in [2.45, 2.75) is 51.2 Å². The minimum absolute atomic E-state index is 0.119. The molecule has 2 rings (SSSR count). The molecule has 2 aliphatic rings. The maximum Gasteiger partial charge on any atom is 0.148 e. The number of piperazine rings is 1. The van der Waals surface area contributed by atoms with Crippen LogP contribution >= 0.6 is 0 Å². The van der Waals surface area contributed by atoms with E-state index in [1.165, 1.54) is 19.3 Å². The molecule has 2 aliphatic heterocycles. The lowest BCUT2D eigenvalue weighted by Crippen LogP contribution is -2.65. The molecule has 0 amide bonds. The summed E-state index contributed by atoms with van der Waals surface area (Å²) in [7, 11) is 0. The summed E-state index contributed by atoms with van der Waals surface area (Å²) in [6, 6.07) is 1.05. The Morgan fingerprint density at radius 1 is 1.43 bits per heavy atom. The molecule has 3 nitrogen and oxygen atoms in total. The Hall–Kier alpha value is -0.410. The van der Waals surface area contributed by atoms with Gasteiger partial charge in [-0.15, -0.1) is 0 Å². The van der Waals surface area contributed by atoms with Gasteiger partial charge in [0, 0.05) is 18.6 Å². The lowest BCUT2D eigenvalue weighted by atomic mass is 9.91. The van der Waals surface area contributed by atoms with E-state index in [1.807, 2.05) is 0 Å². The second-order valence-electron chi connectivity index (χ2n) is 4.64. The Bertz CT molecular complexity index is 229. The summed E-state index contributed by atoms with van der Waals surface area (Å²) in [5.74, 6) is 0.316. The molecular weight excluding hydrogens is 176 g/mol. The van der Waals surface area contributed by atoms with Gasteiger partial charge >= 0.3 is 0 Å². The topological polar surface area (TPSA) is 32.3 Å². The van der Waals surface area contributed by atoms with Crippen molar-refractivity contribution in [2.75, 3.05) is 13.1 Å². The quantitative estimate of drug-likeness (QED) is 0.673. The summed E-state index contributed by atoms with van der Waals surface area (Å²) in [6.07, 6.45) is 3.83. The highest BCUT2D eigenvalue weighted by Crippen LogP contribution is 2.24. The molecule has 0 spiro atoms. The number of carbonyl (C=O) groups is 1. The minimum atomic E-state index is 0.119. The van der Waals surface area contributed by atoms with Gasteiger partial charge in [-0.3, -0.25) is 9.69 Å². The molecular formula is C11H20N2O. The van der Waals surface area contributed by atoms with E-state index in [4.69, 9.17) is 0 Å². The largest absolute Gasteiger partial charge is 0.311 e. The summed E-state index contributed by atoms with van der Waals surface area (Å²) < 4.78 is 0. The average molecular weight is 196 g/mol. The third-order valence-corrected chi connectivity index (χ3v) is 3.60. The van der Waals surface area contributed by atoms with Gasteiger partial charge in [-0.05, 0) is 33.2 Å². The number of hydrogen-bond acceptors (Lipinski definition) is 3. The first-order valence-electron chi connectivity index (χ1n) is 5.69. The van der Waals surface area contributed by atoms with E-state index < -0.39 is 0 Å². The highest BCUT2D eigenvalue weighted by molar-refractivity contribution is 5.82. The van der Waals surface area contributed by atoms with Crippen LogP contribution in [-0.4, -0.2) is 41.9 Å². The molecule has 2 saturated heterocycles. The number of fused-ring (bicyclic) bond motifs is 1. The first kappa shape index (κ1) is 10.1. The SMILES string of the molecule is CC(=O)C1C(C)NCC2CCCCN21. The molecule has 3 heteroatoms. The lowest BCUT2D eigenvalue weighted by Gasteiger charge is -2.47. The fourth-order valence-electron chi connectivity index (χ4n) is 2.91. The Morgan fingerprint density at radius 3 is 2.93 bits per heavy atom. The zero-order valence-corrected chi connectivity index (χ0v) is 9.12. The van der Waals surface area contributed by atoms with E-state index in [2.05, 4.69) is 17.1 Å². The number of rotatable bonds is 1. The van der Waals surface area contributed by atoms with Crippen molar-refractivity contribution in [3.05, 3.63) is 0 Å². The lowest BCUT2D eigenvalue weighted by molar-refractivity contribution is -0.126. The zero-order valence-electron chi connectivity index (χ0n) is 9.12. The number of carbonyl (C=O) groups excluding carboxylic acids is 1. The third-order valence-electron chi connectivity index (χ3n) is 3.60. The number of piperidine rings is 1. The second-order valence-corrected chi connectivity index (χ2v) is 4.64. The Balaban J connectivity index is 2.13. The van der Waals surface area contributed by atoms with Crippen LogP contribution in [0.3, 0.4) is 0 Å². The van der Waals surface area contributed by atoms with E-state index in [0.29, 0.717) is 17.9 Å². The summed E-state index contributed by atoms with van der Waals surface area (Å²) >= 11 is 0. The van der Waals surface area contributed by atoms with Gasteiger partial charge in [-0.2, -0.15) is 0 Å². The van der Waals surface area contributed by atoms with Gasteiger partial charge in [-0.1, -0.05) is 6.42 Å². The van der Waals surface area contributed by atoms with Gasteiger partial charge in [0.15, 0.2) is 0 Å². The first-order chi connectivity index (χ1) is 6.70. The summed E-state index contributed by atoms with van der Waals surface area (Å²) in [5.41, 5.74) is 0. The molecule has 2 heterocycles. The fourth-order valence-corrected chi connectivity index (χ4v) is 2.91. The van der Waals surface area contributed by atoms with Crippen molar-refractivity contribution in [2.24, 2.45) is 0 Å². The molecule has 3 atom stereocenters. The number of Topliss-reactive ketones (excluding diaryl/α,β-unsaturated/α-hetero) is 1. The van der Waals surface area contributed by atoms with Crippen molar-refractivity contribution in [3.63, 3.8) is 0 Å². The average Bonchev–Trinajstić information content (AvgIpc) is 2.17. The molecule has 0 aromatic heterocycles. The first-order valence-corrected chi connectivity index (χ1v) is 5.69. The summed E-state index contributed by atoms with van der Waals surface area (Å²) in [6.45, 7) is 6.02. The number of nitrogens with one attached hydrogen (secondary N) is 1.